The van der Waals surface area contributed by atoms with E-state index in [1.165, 1.54) is 23.5 Å². The molecule has 0 saturated carbocycles. The van der Waals surface area contributed by atoms with Crippen LogP contribution in [0.1, 0.15) is 38.5 Å². The molecule has 0 spiro atoms. The first-order valence-electron chi connectivity index (χ1n) is 8.23. The van der Waals surface area contributed by atoms with Crippen molar-refractivity contribution in [1.29, 1.82) is 0 Å². The van der Waals surface area contributed by atoms with E-state index in [0.717, 1.165) is 12.8 Å². The van der Waals surface area contributed by atoms with Gasteiger partial charge in [0, 0.05) is 23.8 Å². The Morgan fingerprint density at radius 3 is 2.50 bits per heavy atom. The van der Waals surface area contributed by atoms with Crippen molar-refractivity contribution in [2.75, 3.05) is 11.1 Å². The van der Waals surface area contributed by atoms with Gasteiger partial charge in [0.2, 0.25) is 11.8 Å². The number of benzene rings is 1. The van der Waals surface area contributed by atoms with Crippen LogP contribution in [0.2, 0.25) is 0 Å². The van der Waals surface area contributed by atoms with Gasteiger partial charge in [0.15, 0.2) is 5.13 Å². The van der Waals surface area contributed by atoms with Gasteiger partial charge in [-0.05, 0) is 31.0 Å². The number of nitrogens with two attached hydrogens (primary N) is 1. The molecule has 0 aliphatic heterocycles. The second-order valence-corrected chi connectivity index (χ2v) is 6.63. The average molecular weight is 380 g/mol. The number of aromatic nitrogens is 1. The van der Waals surface area contributed by atoms with E-state index in [2.05, 4.69) is 10.3 Å². The average Bonchev–Trinajstić information content (AvgIpc) is 3.08. The minimum Gasteiger partial charge on any atom is -0.396 e. The number of hydrogen-bond donors (Lipinski definition) is 4. The number of anilines is 2. The molecule has 0 saturated heterocycles. The molecule has 2 rings (SSSR count). The van der Waals surface area contributed by atoms with Crippen LogP contribution in [0, 0.1) is 5.82 Å². The summed E-state index contributed by atoms with van der Waals surface area (Å²) in [6.07, 6.45) is 3.66. The van der Waals surface area contributed by atoms with Gasteiger partial charge in [-0.2, -0.15) is 0 Å². The highest BCUT2D eigenvalue weighted by Gasteiger charge is 2.09. The Balaban J connectivity index is 1.73. The van der Waals surface area contributed by atoms with E-state index in [9.17, 15) is 14.0 Å². The van der Waals surface area contributed by atoms with Gasteiger partial charge in [-0.1, -0.05) is 12.8 Å². The van der Waals surface area contributed by atoms with Crippen molar-refractivity contribution < 1.29 is 19.2 Å². The lowest BCUT2D eigenvalue weighted by molar-refractivity contribution is -0.129. The minimum atomic E-state index is -0.477. The van der Waals surface area contributed by atoms with Crippen molar-refractivity contribution >= 4 is 34.0 Å². The maximum absolute atomic E-state index is 13.2. The second-order valence-electron chi connectivity index (χ2n) is 5.77. The third kappa shape index (κ3) is 6.08. The van der Waals surface area contributed by atoms with E-state index in [0.29, 0.717) is 35.7 Å². The summed E-state index contributed by atoms with van der Waals surface area (Å²) < 4.78 is 13.2. The molecule has 0 aliphatic carbocycles. The number of halogens is 1. The van der Waals surface area contributed by atoms with Gasteiger partial charge in [0.05, 0.1) is 11.4 Å². The topological polar surface area (TPSA) is 117 Å². The Morgan fingerprint density at radius 1 is 1.15 bits per heavy atom. The summed E-state index contributed by atoms with van der Waals surface area (Å²) in [5.74, 6) is -1.00. The molecule has 7 nitrogen and oxygen atoms in total. The smallest absolute Gasteiger partial charge is 0.243 e. The predicted molar refractivity (Wildman–Crippen MR) is 98.2 cm³/mol. The van der Waals surface area contributed by atoms with Crippen LogP contribution >= 0.6 is 11.3 Å². The van der Waals surface area contributed by atoms with Crippen molar-refractivity contribution in [3.63, 3.8) is 0 Å². The van der Waals surface area contributed by atoms with E-state index in [-0.39, 0.29) is 18.0 Å². The summed E-state index contributed by atoms with van der Waals surface area (Å²) in [6.45, 7) is 0. The SMILES string of the molecule is Nc1cc(-c2csc(NC(=O)CCCCCCC(=O)NO)n2)ccc1F. The number of carbonyl (C=O) groups excluding carboxylic acids is 2. The fraction of sp³-hybridized carbons (Fsp3) is 0.353. The number of rotatable bonds is 9. The van der Waals surface area contributed by atoms with Crippen LogP contribution in [0.3, 0.4) is 0 Å². The molecule has 1 aromatic carbocycles. The van der Waals surface area contributed by atoms with Gasteiger partial charge < -0.3 is 11.1 Å². The Morgan fingerprint density at radius 2 is 1.85 bits per heavy atom. The molecule has 2 aromatic rings. The Labute approximate surface area is 154 Å². The summed E-state index contributed by atoms with van der Waals surface area (Å²) in [5, 5.41) is 13.4. The second kappa shape index (κ2) is 9.83. The first-order chi connectivity index (χ1) is 12.5. The number of thiazole rings is 1. The molecule has 2 amide bonds. The first-order valence-corrected chi connectivity index (χ1v) is 9.11. The molecule has 0 unspecified atom stereocenters. The highest BCUT2D eigenvalue weighted by atomic mass is 32.1. The van der Waals surface area contributed by atoms with Crippen LogP contribution in [0.5, 0.6) is 0 Å². The molecule has 9 heteroatoms. The number of nitrogens with zero attached hydrogens (tertiary/aromatic N) is 1. The molecular formula is C17H21FN4O3S. The molecule has 0 fully saturated rings. The van der Waals surface area contributed by atoms with Crippen LogP contribution in [0.4, 0.5) is 15.2 Å². The maximum Gasteiger partial charge on any atom is 0.243 e. The lowest BCUT2D eigenvalue weighted by Crippen LogP contribution is -2.17. The van der Waals surface area contributed by atoms with Crippen LogP contribution in [-0.4, -0.2) is 22.0 Å². The Hall–Kier alpha value is -2.52. The maximum atomic E-state index is 13.2. The zero-order valence-electron chi connectivity index (χ0n) is 14.1. The Bertz CT molecular complexity index is 766. The van der Waals surface area contributed by atoms with Crippen molar-refractivity contribution in [2.45, 2.75) is 38.5 Å². The highest BCUT2D eigenvalue weighted by Crippen LogP contribution is 2.27. The molecule has 140 valence electrons. The van der Waals surface area contributed by atoms with Gasteiger partial charge in [-0.15, -0.1) is 11.3 Å². The standard InChI is InChI=1S/C17H21FN4O3S/c18-12-8-7-11(9-13(12)19)14-10-26-17(20-14)21-15(23)5-3-1-2-4-6-16(24)22-25/h7-10,25H,1-6,19H2,(H,22,24)(H,20,21,23). The summed E-state index contributed by atoms with van der Waals surface area (Å²) in [6, 6.07) is 4.38. The van der Waals surface area contributed by atoms with Gasteiger partial charge in [0.25, 0.3) is 0 Å². The fourth-order valence-electron chi connectivity index (χ4n) is 2.33. The number of unbranched alkanes of at least 4 members (excludes halogenated alkanes) is 3. The molecule has 0 atom stereocenters. The van der Waals surface area contributed by atoms with E-state index in [1.54, 1.807) is 16.9 Å². The number of hydrogen-bond acceptors (Lipinski definition) is 6. The van der Waals surface area contributed by atoms with Crippen LogP contribution in [0.15, 0.2) is 23.6 Å². The van der Waals surface area contributed by atoms with E-state index in [4.69, 9.17) is 10.9 Å². The number of carbonyl (C=O) groups is 2. The predicted octanol–water partition coefficient (Wildman–Crippen LogP) is 3.32. The van der Waals surface area contributed by atoms with Crippen LogP contribution < -0.4 is 16.5 Å². The highest BCUT2D eigenvalue weighted by molar-refractivity contribution is 7.14. The van der Waals surface area contributed by atoms with Crippen LogP contribution in [-0.2, 0) is 9.59 Å². The number of hydroxylamine groups is 1. The van der Waals surface area contributed by atoms with Crippen molar-refractivity contribution in [3.05, 3.63) is 29.4 Å². The number of nitrogen functional groups attached to an aromatic ring is 1. The van der Waals surface area contributed by atoms with Gasteiger partial charge in [-0.3, -0.25) is 14.8 Å². The van der Waals surface area contributed by atoms with E-state index >= 15 is 0 Å². The summed E-state index contributed by atoms with van der Waals surface area (Å²) in [7, 11) is 0. The summed E-state index contributed by atoms with van der Waals surface area (Å²) in [4.78, 5) is 27.1. The molecule has 0 aliphatic rings. The molecule has 26 heavy (non-hydrogen) atoms. The third-order valence-electron chi connectivity index (χ3n) is 3.72. The molecular weight excluding hydrogens is 359 g/mol. The molecule has 0 bridgehead atoms. The quantitative estimate of drug-likeness (QED) is 0.230. The Kier molecular flexibility index (Phi) is 7.49. The third-order valence-corrected chi connectivity index (χ3v) is 4.48. The molecule has 1 aromatic heterocycles. The lowest BCUT2D eigenvalue weighted by atomic mass is 10.1. The fourth-order valence-corrected chi connectivity index (χ4v) is 3.07. The number of nitrogens with one attached hydrogen (secondary N) is 2. The summed E-state index contributed by atoms with van der Waals surface area (Å²) >= 11 is 1.29. The summed E-state index contributed by atoms with van der Waals surface area (Å²) in [5.41, 5.74) is 8.51. The first kappa shape index (κ1) is 19.8. The van der Waals surface area contributed by atoms with Crippen LogP contribution in [0.25, 0.3) is 11.3 Å². The van der Waals surface area contributed by atoms with Gasteiger partial charge in [-0.25, -0.2) is 14.9 Å². The molecule has 5 N–H and O–H groups in total. The zero-order valence-corrected chi connectivity index (χ0v) is 14.9. The molecule has 0 radical (unpaired) electrons. The van der Waals surface area contributed by atoms with Gasteiger partial charge in [0.1, 0.15) is 5.82 Å². The normalized spacial score (nSPS) is 10.5. The van der Waals surface area contributed by atoms with Crippen molar-refractivity contribution in [1.82, 2.24) is 10.5 Å². The largest absolute Gasteiger partial charge is 0.396 e. The van der Waals surface area contributed by atoms with Gasteiger partial charge >= 0.3 is 0 Å². The van der Waals surface area contributed by atoms with Crippen molar-refractivity contribution in [3.8, 4) is 11.3 Å². The monoisotopic (exact) mass is 380 g/mol. The van der Waals surface area contributed by atoms with E-state index in [1.807, 2.05) is 0 Å². The minimum absolute atomic E-state index is 0.0533. The molecule has 1 heterocycles. The van der Waals surface area contributed by atoms with E-state index < -0.39 is 11.7 Å². The lowest BCUT2D eigenvalue weighted by Gasteiger charge is -2.03. The van der Waals surface area contributed by atoms with Crippen molar-refractivity contribution in [2.24, 2.45) is 0 Å². The zero-order chi connectivity index (χ0) is 18.9. The number of amides is 2.